The van der Waals surface area contributed by atoms with Gasteiger partial charge in [-0.05, 0) is 31.0 Å². The molecule has 0 bridgehead atoms. The maximum absolute atomic E-state index is 12.8. The van der Waals surface area contributed by atoms with Crippen LogP contribution in [0.4, 0.5) is 4.39 Å². The molecule has 2 nitrogen and oxygen atoms in total. The Morgan fingerprint density at radius 1 is 1.59 bits per heavy atom. The highest BCUT2D eigenvalue weighted by atomic mass is 79.9. The van der Waals surface area contributed by atoms with Gasteiger partial charge < -0.3 is 5.32 Å². The van der Waals surface area contributed by atoms with E-state index in [1.807, 2.05) is 0 Å². The number of benzene rings is 1. The lowest BCUT2D eigenvalue weighted by molar-refractivity contribution is 0.0953. The largest absolute Gasteiger partial charge is 0.352 e. The van der Waals surface area contributed by atoms with Gasteiger partial charge in [-0.15, -0.1) is 0 Å². The Balaban J connectivity index is 2.47. The molecule has 1 N–H and O–H groups in total. The molecule has 17 heavy (non-hydrogen) atoms. The van der Waals surface area contributed by atoms with Crippen molar-refractivity contribution in [2.45, 2.75) is 24.6 Å². The summed E-state index contributed by atoms with van der Waals surface area (Å²) in [5.74, 6) is -0.711. The van der Waals surface area contributed by atoms with Crippen LogP contribution in [0, 0.1) is 5.82 Å². The summed E-state index contributed by atoms with van der Waals surface area (Å²) in [7, 11) is 0. The quantitative estimate of drug-likeness (QED) is 0.649. The van der Waals surface area contributed by atoms with Gasteiger partial charge in [-0.1, -0.05) is 34.5 Å². The molecule has 94 valence electrons. The van der Waals surface area contributed by atoms with Crippen molar-refractivity contribution in [2.75, 3.05) is 6.54 Å². The first-order chi connectivity index (χ1) is 8.00. The molecular weight excluding hydrogens is 308 g/mol. The summed E-state index contributed by atoms with van der Waals surface area (Å²) in [6.45, 7) is 2.64. The van der Waals surface area contributed by atoms with Crippen molar-refractivity contribution in [3.63, 3.8) is 0 Å². The first kappa shape index (κ1) is 14.5. The second-order valence-electron chi connectivity index (χ2n) is 3.80. The van der Waals surface area contributed by atoms with Crippen LogP contribution in [0.5, 0.6) is 0 Å². The fraction of sp³-hybridized carbons (Fsp3) is 0.417. The fourth-order valence-corrected chi connectivity index (χ4v) is 1.93. The Labute approximate surface area is 114 Å². The molecule has 1 amide bonds. The minimum atomic E-state index is -0.445. The molecule has 1 unspecified atom stereocenters. The van der Waals surface area contributed by atoms with Crippen molar-refractivity contribution < 1.29 is 9.18 Å². The Hall–Kier alpha value is -0.610. The van der Waals surface area contributed by atoms with E-state index in [4.69, 9.17) is 11.6 Å². The van der Waals surface area contributed by atoms with E-state index in [2.05, 4.69) is 28.2 Å². The zero-order valence-electron chi connectivity index (χ0n) is 9.47. The average molecular weight is 323 g/mol. The van der Waals surface area contributed by atoms with Crippen LogP contribution in [-0.2, 0) is 0 Å². The molecule has 1 aromatic rings. The van der Waals surface area contributed by atoms with Crippen LogP contribution < -0.4 is 5.32 Å². The molecule has 0 aliphatic heterocycles. The van der Waals surface area contributed by atoms with E-state index in [0.29, 0.717) is 16.9 Å². The topological polar surface area (TPSA) is 29.1 Å². The number of alkyl halides is 1. The molecule has 0 heterocycles. The molecule has 5 heteroatoms. The Bertz CT molecular complexity index is 398. The standard InChI is InChI=1S/C12H14BrClFNO/c1-8(13)3-2-6-16-12(17)10-5-4-9(15)7-11(10)14/h4-5,7-8H,2-3,6H2,1H3,(H,16,17). The first-order valence-corrected chi connectivity index (χ1v) is 6.67. The van der Waals surface area contributed by atoms with Gasteiger partial charge in [-0.3, -0.25) is 4.79 Å². The lowest BCUT2D eigenvalue weighted by atomic mass is 10.2. The van der Waals surface area contributed by atoms with Gasteiger partial charge in [-0.25, -0.2) is 4.39 Å². The highest BCUT2D eigenvalue weighted by molar-refractivity contribution is 9.09. The smallest absolute Gasteiger partial charge is 0.252 e. The van der Waals surface area contributed by atoms with E-state index in [1.165, 1.54) is 12.1 Å². The molecule has 0 fully saturated rings. The molecule has 0 aliphatic carbocycles. The minimum Gasteiger partial charge on any atom is -0.352 e. The van der Waals surface area contributed by atoms with Crippen LogP contribution in [0.2, 0.25) is 5.02 Å². The zero-order chi connectivity index (χ0) is 12.8. The van der Waals surface area contributed by atoms with E-state index in [-0.39, 0.29) is 10.9 Å². The van der Waals surface area contributed by atoms with Crippen LogP contribution >= 0.6 is 27.5 Å². The molecular formula is C12H14BrClFNO. The van der Waals surface area contributed by atoms with Crippen LogP contribution in [0.25, 0.3) is 0 Å². The normalized spacial score (nSPS) is 12.2. The van der Waals surface area contributed by atoms with Gasteiger partial charge in [0.1, 0.15) is 5.82 Å². The van der Waals surface area contributed by atoms with E-state index in [1.54, 1.807) is 0 Å². The molecule has 0 aliphatic rings. The van der Waals surface area contributed by atoms with Crippen LogP contribution in [0.3, 0.4) is 0 Å². The number of amides is 1. The van der Waals surface area contributed by atoms with E-state index >= 15 is 0 Å². The third-order valence-corrected chi connectivity index (χ3v) is 3.01. The van der Waals surface area contributed by atoms with Crippen molar-refractivity contribution >= 4 is 33.4 Å². The summed E-state index contributed by atoms with van der Waals surface area (Å²) < 4.78 is 12.8. The number of nitrogens with one attached hydrogen (secondary N) is 1. The second-order valence-corrected chi connectivity index (χ2v) is 5.77. The van der Waals surface area contributed by atoms with Crippen molar-refractivity contribution in [2.24, 2.45) is 0 Å². The van der Waals surface area contributed by atoms with Crippen molar-refractivity contribution in [3.05, 3.63) is 34.6 Å². The molecule has 1 atom stereocenters. The maximum Gasteiger partial charge on any atom is 0.252 e. The van der Waals surface area contributed by atoms with E-state index in [0.717, 1.165) is 18.9 Å². The van der Waals surface area contributed by atoms with Gasteiger partial charge in [0.25, 0.3) is 5.91 Å². The summed E-state index contributed by atoms with van der Waals surface area (Å²) >= 11 is 9.21. The van der Waals surface area contributed by atoms with Crippen molar-refractivity contribution in [1.29, 1.82) is 0 Å². The third-order valence-electron chi connectivity index (χ3n) is 2.24. The maximum atomic E-state index is 12.8. The molecule has 0 saturated carbocycles. The molecule has 1 aromatic carbocycles. The summed E-state index contributed by atoms with van der Waals surface area (Å²) in [6.07, 6.45) is 1.87. The van der Waals surface area contributed by atoms with Gasteiger partial charge in [0, 0.05) is 11.4 Å². The summed E-state index contributed by atoms with van der Waals surface area (Å²) in [6, 6.07) is 3.75. The predicted molar refractivity (Wildman–Crippen MR) is 71.4 cm³/mol. The zero-order valence-corrected chi connectivity index (χ0v) is 11.8. The highest BCUT2D eigenvalue weighted by Gasteiger charge is 2.10. The molecule has 0 radical (unpaired) electrons. The van der Waals surface area contributed by atoms with Gasteiger partial charge in [0.15, 0.2) is 0 Å². The minimum absolute atomic E-state index is 0.136. The van der Waals surface area contributed by atoms with Crippen LogP contribution in [0.1, 0.15) is 30.1 Å². The lowest BCUT2D eigenvalue weighted by Gasteiger charge is -2.07. The first-order valence-electron chi connectivity index (χ1n) is 5.38. The van der Waals surface area contributed by atoms with Crippen molar-refractivity contribution in [3.8, 4) is 0 Å². The van der Waals surface area contributed by atoms with E-state index in [9.17, 15) is 9.18 Å². The predicted octanol–water partition coefficient (Wildman–Crippen LogP) is 3.77. The van der Waals surface area contributed by atoms with Crippen LogP contribution in [0.15, 0.2) is 18.2 Å². The number of carbonyl (C=O) groups is 1. The molecule has 0 aromatic heterocycles. The lowest BCUT2D eigenvalue weighted by Crippen LogP contribution is -2.25. The van der Waals surface area contributed by atoms with Gasteiger partial charge in [0.05, 0.1) is 10.6 Å². The third kappa shape index (κ3) is 5.04. The Morgan fingerprint density at radius 3 is 2.88 bits per heavy atom. The van der Waals surface area contributed by atoms with Gasteiger partial charge in [-0.2, -0.15) is 0 Å². The average Bonchev–Trinajstić information content (AvgIpc) is 2.23. The number of halogens is 3. The Kier molecular flexibility index (Phi) is 5.92. The summed E-state index contributed by atoms with van der Waals surface area (Å²) in [4.78, 5) is 12.1. The Morgan fingerprint density at radius 2 is 2.29 bits per heavy atom. The molecule has 1 rings (SSSR count). The van der Waals surface area contributed by atoms with Crippen molar-refractivity contribution in [1.82, 2.24) is 5.32 Å². The number of hydrogen-bond donors (Lipinski definition) is 1. The monoisotopic (exact) mass is 321 g/mol. The van der Waals surface area contributed by atoms with E-state index < -0.39 is 5.82 Å². The molecule has 0 spiro atoms. The number of hydrogen-bond acceptors (Lipinski definition) is 1. The molecule has 0 saturated heterocycles. The summed E-state index contributed by atoms with van der Waals surface area (Å²) in [5.41, 5.74) is 0.306. The van der Waals surface area contributed by atoms with Gasteiger partial charge >= 0.3 is 0 Å². The number of carbonyl (C=O) groups excluding carboxylic acids is 1. The second kappa shape index (κ2) is 6.97. The SMILES string of the molecule is CC(Br)CCCNC(=O)c1ccc(F)cc1Cl. The summed E-state index contributed by atoms with van der Waals surface area (Å²) in [5, 5.41) is 2.88. The highest BCUT2D eigenvalue weighted by Crippen LogP contribution is 2.17. The van der Waals surface area contributed by atoms with Crippen LogP contribution in [-0.4, -0.2) is 17.3 Å². The van der Waals surface area contributed by atoms with Gasteiger partial charge in [0.2, 0.25) is 0 Å². The number of rotatable bonds is 5. The fourth-order valence-electron chi connectivity index (χ4n) is 1.35.